The number of nitrogens with zero attached hydrogens (tertiary/aromatic N) is 4. The van der Waals surface area contributed by atoms with Crippen LogP contribution in [0.15, 0.2) is 89.5 Å². The van der Waals surface area contributed by atoms with E-state index in [1.165, 1.54) is 0 Å². The fraction of sp³-hybridized carbons (Fsp3) is 0.0400. The minimum absolute atomic E-state index is 0.145. The van der Waals surface area contributed by atoms with E-state index in [9.17, 15) is 5.26 Å². The predicted molar refractivity (Wildman–Crippen MR) is 113 cm³/mol. The molecule has 5 nitrogen and oxygen atoms in total. The average molecular weight is 388 g/mol. The molecule has 1 aromatic heterocycles. The van der Waals surface area contributed by atoms with Gasteiger partial charge in [0, 0.05) is 0 Å². The van der Waals surface area contributed by atoms with Crippen LogP contribution in [0.2, 0.25) is 0 Å². The second-order valence-electron chi connectivity index (χ2n) is 6.62. The monoisotopic (exact) mass is 388 g/mol. The van der Waals surface area contributed by atoms with Gasteiger partial charge in [-0.25, -0.2) is 0 Å². The molecule has 0 fully saturated rings. The minimum atomic E-state index is -0.216. The largest absolute Gasteiger partial charge is 0.333 e. The molecular weight excluding hydrogens is 372 g/mol. The number of hydrogen-bond acceptors (Lipinski definition) is 5. The fourth-order valence-corrected chi connectivity index (χ4v) is 3.25. The van der Waals surface area contributed by atoms with E-state index in [0.717, 1.165) is 11.1 Å². The molecule has 0 unspecified atom stereocenters. The van der Waals surface area contributed by atoms with Gasteiger partial charge in [-0.05, 0) is 34.9 Å². The molecule has 5 heteroatoms. The molecule has 0 bridgehead atoms. The molecule has 4 aromatic rings. The average Bonchev–Trinajstić information content (AvgIpc) is 3.28. The summed E-state index contributed by atoms with van der Waals surface area (Å²) in [6.07, 6.45) is 1.64. The third-order valence-corrected chi connectivity index (χ3v) is 4.64. The molecule has 0 saturated heterocycles. The molecule has 30 heavy (non-hydrogen) atoms. The Labute approximate surface area is 174 Å². The molecule has 0 atom stereocenters. The quantitative estimate of drug-likeness (QED) is 0.439. The van der Waals surface area contributed by atoms with Gasteiger partial charge in [0.05, 0.1) is 17.6 Å². The van der Waals surface area contributed by atoms with E-state index in [4.69, 9.17) is 9.78 Å². The van der Waals surface area contributed by atoms with Crippen molar-refractivity contribution in [1.82, 2.24) is 10.1 Å². The first-order valence-electron chi connectivity index (χ1n) is 9.34. The van der Waals surface area contributed by atoms with Gasteiger partial charge in [-0.15, -0.1) is 0 Å². The van der Waals surface area contributed by atoms with E-state index in [-0.39, 0.29) is 17.4 Å². The van der Waals surface area contributed by atoms with Gasteiger partial charge in [-0.2, -0.15) is 15.5 Å². The maximum Gasteiger partial charge on any atom is 0.268 e. The summed E-state index contributed by atoms with van der Waals surface area (Å²) in [5, 5.41) is 22.9. The number of rotatable bonds is 5. The van der Waals surface area contributed by atoms with Crippen molar-refractivity contribution in [3.8, 4) is 12.1 Å². The molecular formula is C25H16N4O. The van der Waals surface area contributed by atoms with Gasteiger partial charge in [-0.3, -0.25) is 0 Å². The lowest BCUT2D eigenvalue weighted by atomic mass is 9.91. The second-order valence-corrected chi connectivity index (χ2v) is 6.62. The Hall–Kier alpha value is -4.48. The summed E-state index contributed by atoms with van der Waals surface area (Å²) in [4.78, 5) is 4.54. The smallest absolute Gasteiger partial charge is 0.268 e. The van der Waals surface area contributed by atoms with Crippen LogP contribution in [-0.4, -0.2) is 10.1 Å². The lowest BCUT2D eigenvalue weighted by Crippen LogP contribution is -2.05. The van der Waals surface area contributed by atoms with Crippen LogP contribution in [0, 0.1) is 22.7 Å². The van der Waals surface area contributed by atoms with Gasteiger partial charge >= 0.3 is 0 Å². The molecule has 0 aliphatic heterocycles. The zero-order valence-corrected chi connectivity index (χ0v) is 15.9. The zero-order valence-electron chi connectivity index (χ0n) is 15.9. The Kier molecular flexibility index (Phi) is 5.46. The van der Waals surface area contributed by atoms with Crippen LogP contribution >= 0.6 is 0 Å². The molecule has 0 radical (unpaired) electrons. The highest BCUT2D eigenvalue weighted by Gasteiger charge is 2.23. The Bertz CT molecular complexity index is 1220. The summed E-state index contributed by atoms with van der Waals surface area (Å²) in [5.74, 6) is 0.410. The summed E-state index contributed by atoms with van der Waals surface area (Å²) in [6, 6.07) is 31.0. The van der Waals surface area contributed by atoms with Crippen molar-refractivity contribution in [3.63, 3.8) is 0 Å². The molecule has 4 rings (SSSR count). The lowest BCUT2D eigenvalue weighted by molar-refractivity contribution is 0.401. The Morgan fingerprint density at radius 2 is 1.53 bits per heavy atom. The normalized spacial score (nSPS) is 11.1. The summed E-state index contributed by atoms with van der Waals surface area (Å²) in [5.41, 5.74) is 3.53. The molecule has 0 aliphatic rings. The zero-order chi connectivity index (χ0) is 20.8. The van der Waals surface area contributed by atoms with Crippen molar-refractivity contribution < 1.29 is 4.52 Å². The standard InChI is InChI=1S/C25H16N4O/c26-16-19-9-7-8-18(14-19)15-22(17-27)25-28-24(29-30-25)23(20-10-3-1-4-11-20)21-12-5-2-6-13-21/h1-15,23H. The number of allylic oxidation sites excluding steroid dienone is 1. The van der Waals surface area contributed by atoms with Crippen LogP contribution in [0.5, 0.6) is 0 Å². The molecule has 3 aromatic carbocycles. The third-order valence-electron chi connectivity index (χ3n) is 4.64. The minimum Gasteiger partial charge on any atom is -0.333 e. The first-order chi connectivity index (χ1) is 14.8. The van der Waals surface area contributed by atoms with Gasteiger partial charge in [-0.1, -0.05) is 78.0 Å². The highest BCUT2D eigenvalue weighted by atomic mass is 16.5. The van der Waals surface area contributed by atoms with Crippen molar-refractivity contribution in [1.29, 1.82) is 10.5 Å². The predicted octanol–water partition coefficient (Wildman–Crippen LogP) is 5.19. The number of benzene rings is 3. The first-order valence-corrected chi connectivity index (χ1v) is 9.34. The molecule has 1 heterocycles. The van der Waals surface area contributed by atoms with Gasteiger partial charge in [0.1, 0.15) is 11.6 Å². The van der Waals surface area contributed by atoms with Crippen LogP contribution < -0.4 is 0 Å². The van der Waals surface area contributed by atoms with E-state index in [0.29, 0.717) is 17.0 Å². The molecule has 0 spiro atoms. The highest BCUT2D eigenvalue weighted by Crippen LogP contribution is 2.30. The maximum atomic E-state index is 9.64. The van der Waals surface area contributed by atoms with Crippen LogP contribution in [-0.2, 0) is 0 Å². The Morgan fingerprint density at radius 3 is 2.13 bits per heavy atom. The molecule has 0 saturated carbocycles. The Balaban J connectivity index is 1.74. The van der Waals surface area contributed by atoms with Crippen molar-refractivity contribution in [2.24, 2.45) is 0 Å². The number of nitriles is 2. The SMILES string of the molecule is N#CC(=Cc1cccc(C#N)c1)c1nc(C(c2ccccc2)c2ccccc2)no1. The summed E-state index contributed by atoms with van der Waals surface area (Å²) in [6.45, 7) is 0. The molecule has 0 amide bonds. The third kappa shape index (κ3) is 4.01. The second kappa shape index (κ2) is 8.68. The van der Waals surface area contributed by atoms with Gasteiger partial charge < -0.3 is 4.52 Å². The van der Waals surface area contributed by atoms with E-state index in [2.05, 4.69) is 22.3 Å². The molecule has 142 valence electrons. The summed E-state index contributed by atoms with van der Waals surface area (Å²) in [7, 11) is 0. The lowest BCUT2D eigenvalue weighted by Gasteiger charge is -2.14. The number of hydrogen-bond donors (Lipinski definition) is 0. The number of aromatic nitrogens is 2. The van der Waals surface area contributed by atoms with Crippen LogP contribution in [0.3, 0.4) is 0 Å². The molecule has 0 aliphatic carbocycles. The van der Waals surface area contributed by atoms with Crippen molar-refractivity contribution in [2.45, 2.75) is 5.92 Å². The van der Waals surface area contributed by atoms with Crippen molar-refractivity contribution in [3.05, 3.63) is 119 Å². The maximum absolute atomic E-state index is 9.64. The van der Waals surface area contributed by atoms with Gasteiger partial charge in [0.15, 0.2) is 5.82 Å². The first kappa shape index (κ1) is 18.9. The van der Waals surface area contributed by atoms with Crippen LogP contribution in [0.1, 0.15) is 39.9 Å². The van der Waals surface area contributed by atoms with E-state index < -0.39 is 0 Å². The summed E-state index contributed by atoms with van der Waals surface area (Å²) < 4.78 is 5.45. The van der Waals surface area contributed by atoms with Gasteiger partial charge in [0.2, 0.25) is 0 Å². The van der Waals surface area contributed by atoms with E-state index in [1.54, 1.807) is 24.3 Å². The van der Waals surface area contributed by atoms with Crippen molar-refractivity contribution >= 4 is 11.6 Å². The molecule has 0 N–H and O–H groups in total. The van der Waals surface area contributed by atoms with E-state index >= 15 is 0 Å². The van der Waals surface area contributed by atoms with Gasteiger partial charge in [0.25, 0.3) is 5.89 Å². The highest BCUT2D eigenvalue weighted by molar-refractivity contribution is 5.86. The van der Waals surface area contributed by atoms with Crippen LogP contribution in [0.4, 0.5) is 0 Å². The summed E-state index contributed by atoms with van der Waals surface area (Å²) >= 11 is 0. The van der Waals surface area contributed by atoms with Crippen molar-refractivity contribution in [2.75, 3.05) is 0 Å². The van der Waals surface area contributed by atoms with Crippen LogP contribution in [0.25, 0.3) is 11.6 Å². The van der Waals surface area contributed by atoms with E-state index in [1.807, 2.05) is 66.7 Å². The fourth-order valence-electron chi connectivity index (χ4n) is 3.25. The topological polar surface area (TPSA) is 86.5 Å². The Morgan fingerprint density at radius 1 is 0.867 bits per heavy atom.